The van der Waals surface area contributed by atoms with E-state index in [0.717, 1.165) is 5.56 Å². The zero-order valence-electron chi connectivity index (χ0n) is 12.9. The summed E-state index contributed by atoms with van der Waals surface area (Å²) in [5.41, 5.74) is 1.51. The first kappa shape index (κ1) is 17.6. The molecule has 0 radical (unpaired) electrons. The van der Waals surface area contributed by atoms with Crippen molar-refractivity contribution in [3.63, 3.8) is 0 Å². The molecule has 7 nitrogen and oxygen atoms in total. The van der Waals surface area contributed by atoms with Gasteiger partial charge in [0.25, 0.3) is 5.91 Å². The van der Waals surface area contributed by atoms with Gasteiger partial charge in [0.1, 0.15) is 11.8 Å². The number of phosphoric ester groups is 1. The van der Waals surface area contributed by atoms with E-state index in [0.29, 0.717) is 17.2 Å². The number of hydrogen-bond donors (Lipinski definition) is 3. The highest BCUT2D eigenvalue weighted by Crippen LogP contribution is 2.37. The highest BCUT2D eigenvalue weighted by atomic mass is 32.1. The van der Waals surface area contributed by atoms with Crippen molar-refractivity contribution in [2.75, 3.05) is 4.90 Å². The second-order valence-electron chi connectivity index (χ2n) is 5.44. The topological polar surface area (TPSA) is 99.1 Å². The second kappa shape index (κ2) is 6.93. The number of carbonyl (C=O) groups is 1. The minimum atomic E-state index is -4.58. The van der Waals surface area contributed by atoms with Gasteiger partial charge in [-0.05, 0) is 42.0 Å². The zero-order valence-corrected chi connectivity index (χ0v) is 14.6. The van der Waals surface area contributed by atoms with Crippen LogP contribution in [0.5, 0.6) is 5.75 Å². The van der Waals surface area contributed by atoms with Crippen molar-refractivity contribution >= 4 is 36.7 Å². The maximum absolute atomic E-state index is 12.6. The van der Waals surface area contributed by atoms with Crippen molar-refractivity contribution in [2.45, 2.75) is 12.5 Å². The van der Waals surface area contributed by atoms with E-state index >= 15 is 0 Å². The van der Waals surface area contributed by atoms with Crippen LogP contribution in [0.3, 0.4) is 0 Å². The highest BCUT2D eigenvalue weighted by Gasteiger charge is 2.36. The Morgan fingerprint density at radius 2 is 1.76 bits per heavy atom. The second-order valence-corrected chi connectivity index (χ2v) is 6.99. The van der Waals surface area contributed by atoms with E-state index in [4.69, 9.17) is 22.0 Å². The third-order valence-electron chi connectivity index (χ3n) is 3.62. The molecule has 130 valence electrons. The Balaban J connectivity index is 1.70. The van der Waals surface area contributed by atoms with Crippen molar-refractivity contribution in [3.05, 3.63) is 60.2 Å². The minimum Gasteiger partial charge on any atom is -0.404 e. The molecule has 0 spiro atoms. The quantitative estimate of drug-likeness (QED) is 0.541. The van der Waals surface area contributed by atoms with Crippen LogP contribution < -0.4 is 14.7 Å². The molecule has 1 amide bonds. The Hall–Kier alpha value is -2.25. The monoisotopic (exact) mass is 378 g/mol. The van der Waals surface area contributed by atoms with E-state index in [2.05, 4.69) is 9.84 Å². The molecule has 1 unspecified atom stereocenters. The predicted molar refractivity (Wildman–Crippen MR) is 96.3 cm³/mol. The van der Waals surface area contributed by atoms with Crippen LogP contribution >= 0.6 is 20.0 Å². The van der Waals surface area contributed by atoms with Crippen molar-refractivity contribution < 1.29 is 23.7 Å². The summed E-state index contributed by atoms with van der Waals surface area (Å²) in [5, 5.41) is 3.36. The molecular weight excluding hydrogens is 363 g/mol. The van der Waals surface area contributed by atoms with Crippen molar-refractivity contribution in [3.8, 4) is 5.75 Å². The van der Waals surface area contributed by atoms with Crippen LogP contribution in [0.2, 0.25) is 0 Å². The number of anilines is 1. The summed E-state index contributed by atoms with van der Waals surface area (Å²) in [4.78, 5) is 31.7. The van der Waals surface area contributed by atoms with Gasteiger partial charge in [0.15, 0.2) is 5.11 Å². The summed E-state index contributed by atoms with van der Waals surface area (Å²) < 4.78 is 15.3. The third kappa shape index (κ3) is 4.24. The molecule has 0 saturated carbocycles. The molecule has 25 heavy (non-hydrogen) atoms. The smallest absolute Gasteiger partial charge is 0.404 e. The molecular formula is C16H15N2O5PS. The molecule has 9 heteroatoms. The summed E-state index contributed by atoms with van der Waals surface area (Å²) in [6, 6.07) is 14.8. The molecule has 1 heterocycles. The van der Waals surface area contributed by atoms with Gasteiger partial charge in [-0.25, -0.2) is 4.57 Å². The fraction of sp³-hybridized carbons (Fsp3) is 0.125. The number of phosphoric acid groups is 1. The number of carbonyl (C=O) groups excluding carboxylic acids is 1. The SMILES string of the molecule is O=C1C(Cc2ccc(OP(=O)(O)O)cc2)NC(=S)N1c1ccccc1. The molecule has 0 aromatic heterocycles. The minimum absolute atomic E-state index is 0.0595. The molecule has 3 N–H and O–H groups in total. The summed E-state index contributed by atoms with van der Waals surface area (Å²) in [7, 11) is -4.58. The first-order chi connectivity index (χ1) is 11.8. The van der Waals surface area contributed by atoms with Crippen LogP contribution in [0.15, 0.2) is 54.6 Å². The van der Waals surface area contributed by atoms with Gasteiger partial charge in [0.2, 0.25) is 0 Å². The normalized spacial score (nSPS) is 17.5. The molecule has 1 atom stereocenters. The molecule has 2 aromatic rings. The lowest BCUT2D eigenvalue weighted by Crippen LogP contribution is -2.32. The fourth-order valence-corrected chi connectivity index (χ4v) is 3.28. The largest absolute Gasteiger partial charge is 0.524 e. The summed E-state index contributed by atoms with van der Waals surface area (Å²) in [6.07, 6.45) is 0.387. The number of nitrogens with zero attached hydrogens (tertiary/aromatic N) is 1. The lowest BCUT2D eigenvalue weighted by atomic mass is 10.1. The molecule has 2 aromatic carbocycles. The zero-order chi connectivity index (χ0) is 18.0. The molecule has 1 fully saturated rings. The van der Waals surface area contributed by atoms with E-state index < -0.39 is 13.9 Å². The Labute approximate surface area is 149 Å². The molecule has 1 aliphatic heterocycles. The van der Waals surface area contributed by atoms with Crippen molar-refractivity contribution in [2.24, 2.45) is 0 Å². The highest BCUT2D eigenvalue weighted by molar-refractivity contribution is 7.80. The number of hydrogen-bond acceptors (Lipinski definition) is 4. The number of benzene rings is 2. The van der Waals surface area contributed by atoms with Crippen molar-refractivity contribution in [1.82, 2.24) is 5.32 Å². The van der Waals surface area contributed by atoms with Gasteiger partial charge >= 0.3 is 7.82 Å². The van der Waals surface area contributed by atoms with E-state index in [1.807, 2.05) is 30.3 Å². The maximum atomic E-state index is 12.6. The standard InChI is InChI=1S/C16H15N2O5PS/c19-15-14(17-16(25)18(15)12-4-2-1-3-5-12)10-11-6-8-13(9-7-11)23-24(20,21)22/h1-9,14H,10H2,(H,17,25)(H2,20,21,22). The number of amides is 1. The number of para-hydroxylation sites is 1. The van der Waals surface area contributed by atoms with Crippen LogP contribution in [-0.4, -0.2) is 26.8 Å². The van der Waals surface area contributed by atoms with Gasteiger partial charge in [0.05, 0.1) is 5.69 Å². The van der Waals surface area contributed by atoms with Crippen molar-refractivity contribution in [1.29, 1.82) is 0 Å². The van der Waals surface area contributed by atoms with Gasteiger partial charge in [0, 0.05) is 6.42 Å². The molecule has 0 bridgehead atoms. The number of nitrogens with one attached hydrogen (secondary N) is 1. The van der Waals surface area contributed by atoms with Gasteiger partial charge in [-0.2, -0.15) is 0 Å². The Kier molecular flexibility index (Phi) is 4.87. The lowest BCUT2D eigenvalue weighted by Gasteiger charge is -2.14. The first-order valence-corrected chi connectivity index (χ1v) is 9.31. The van der Waals surface area contributed by atoms with Gasteiger partial charge < -0.3 is 9.84 Å². The van der Waals surface area contributed by atoms with E-state index in [1.165, 1.54) is 17.0 Å². The third-order valence-corrected chi connectivity index (χ3v) is 4.37. The average molecular weight is 378 g/mol. The van der Waals surface area contributed by atoms with Gasteiger partial charge in [-0.3, -0.25) is 19.5 Å². The Morgan fingerprint density at radius 1 is 1.12 bits per heavy atom. The predicted octanol–water partition coefficient (Wildman–Crippen LogP) is 1.99. The summed E-state index contributed by atoms with van der Waals surface area (Å²) >= 11 is 5.26. The molecule has 1 saturated heterocycles. The molecule has 3 rings (SSSR count). The van der Waals surface area contributed by atoms with Crippen LogP contribution in [0.25, 0.3) is 0 Å². The fourth-order valence-electron chi connectivity index (χ4n) is 2.55. The molecule has 1 aliphatic rings. The van der Waals surface area contributed by atoms with Crippen LogP contribution in [0.4, 0.5) is 5.69 Å². The molecule has 0 aliphatic carbocycles. The van der Waals surface area contributed by atoms with Crippen LogP contribution in [-0.2, 0) is 15.8 Å². The Bertz CT molecular complexity index is 837. The van der Waals surface area contributed by atoms with E-state index in [-0.39, 0.29) is 11.7 Å². The number of rotatable bonds is 5. The van der Waals surface area contributed by atoms with Crippen LogP contribution in [0.1, 0.15) is 5.56 Å². The lowest BCUT2D eigenvalue weighted by molar-refractivity contribution is -0.118. The summed E-state index contributed by atoms with van der Waals surface area (Å²) in [6.45, 7) is 0. The van der Waals surface area contributed by atoms with Gasteiger partial charge in [-0.15, -0.1) is 0 Å². The summed E-state index contributed by atoms with van der Waals surface area (Å²) in [5.74, 6) is -0.0871. The van der Waals surface area contributed by atoms with E-state index in [9.17, 15) is 9.36 Å². The van der Waals surface area contributed by atoms with E-state index in [1.54, 1.807) is 12.1 Å². The van der Waals surface area contributed by atoms with Crippen LogP contribution in [0, 0.1) is 0 Å². The maximum Gasteiger partial charge on any atom is 0.524 e. The number of thiocarbonyl (C=S) groups is 1. The first-order valence-electron chi connectivity index (χ1n) is 7.37. The average Bonchev–Trinajstić information content (AvgIpc) is 2.83. The van der Waals surface area contributed by atoms with Gasteiger partial charge in [-0.1, -0.05) is 30.3 Å². The Morgan fingerprint density at radius 3 is 2.36 bits per heavy atom.